The number of amidine groups is 1. The van der Waals surface area contributed by atoms with Crippen molar-refractivity contribution in [1.29, 1.82) is 0 Å². The molecule has 4 heterocycles. The zero-order valence-corrected chi connectivity index (χ0v) is 16.7. The minimum Gasteiger partial charge on any atom is -0.449 e. The maximum Gasteiger partial charge on any atom is 0.358 e. The topological polar surface area (TPSA) is 81.1 Å². The molecule has 2 spiro atoms. The normalized spacial score (nSPS) is 22.7. The fraction of sp³-hybridized carbons (Fsp3) is 0.391. The lowest BCUT2D eigenvalue weighted by atomic mass is 9.84. The summed E-state index contributed by atoms with van der Waals surface area (Å²) in [7, 11) is 0. The molecule has 1 fully saturated rings. The highest BCUT2D eigenvalue weighted by molar-refractivity contribution is 6.02. The van der Waals surface area contributed by atoms with Crippen molar-refractivity contribution in [1.82, 2.24) is 9.88 Å². The Morgan fingerprint density at radius 2 is 1.70 bits per heavy atom. The number of pyridine rings is 1. The SMILES string of the molecule is Cc1cnc2c(c1)C1(CCN(C3=NC(=O)C4(Cc5ccccc5C4)O3)CC1)OC2=O. The van der Waals surface area contributed by atoms with Crippen LogP contribution < -0.4 is 0 Å². The first-order valence-electron chi connectivity index (χ1n) is 10.3. The van der Waals surface area contributed by atoms with E-state index >= 15 is 0 Å². The first-order valence-corrected chi connectivity index (χ1v) is 10.3. The Labute approximate surface area is 173 Å². The van der Waals surface area contributed by atoms with Gasteiger partial charge in [-0.1, -0.05) is 24.3 Å². The van der Waals surface area contributed by atoms with E-state index in [0.29, 0.717) is 50.5 Å². The van der Waals surface area contributed by atoms with Gasteiger partial charge in [-0.25, -0.2) is 9.78 Å². The third kappa shape index (κ3) is 2.38. The largest absolute Gasteiger partial charge is 0.449 e. The average Bonchev–Trinajstić information content (AvgIpc) is 3.35. The molecule has 3 aliphatic heterocycles. The Kier molecular flexibility index (Phi) is 3.47. The molecule has 1 aromatic carbocycles. The van der Waals surface area contributed by atoms with Gasteiger partial charge in [-0.3, -0.25) is 4.79 Å². The van der Waals surface area contributed by atoms with E-state index in [2.05, 4.69) is 9.98 Å². The smallest absolute Gasteiger partial charge is 0.358 e. The number of benzene rings is 1. The number of carbonyl (C=O) groups excluding carboxylic acids is 2. The van der Waals surface area contributed by atoms with Crippen LogP contribution in [0.15, 0.2) is 41.5 Å². The van der Waals surface area contributed by atoms with E-state index in [1.165, 1.54) is 0 Å². The quantitative estimate of drug-likeness (QED) is 0.628. The summed E-state index contributed by atoms with van der Waals surface area (Å²) in [6.07, 6.45) is 4.03. The summed E-state index contributed by atoms with van der Waals surface area (Å²) in [4.78, 5) is 35.7. The number of esters is 1. The highest BCUT2D eigenvalue weighted by Gasteiger charge is 2.53. The predicted octanol–water partition coefficient (Wildman–Crippen LogP) is 2.30. The number of piperidine rings is 1. The summed E-state index contributed by atoms with van der Waals surface area (Å²) in [5.41, 5.74) is 3.05. The molecule has 2 aromatic rings. The van der Waals surface area contributed by atoms with Crippen LogP contribution in [0.1, 0.15) is 45.6 Å². The highest BCUT2D eigenvalue weighted by atomic mass is 16.6. The molecule has 30 heavy (non-hydrogen) atoms. The molecule has 0 unspecified atom stereocenters. The summed E-state index contributed by atoms with van der Waals surface area (Å²) in [5, 5.41) is 0. The summed E-state index contributed by atoms with van der Waals surface area (Å²) in [5.74, 6) is -0.558. The van der Waals surface area contributed by atoms with Gasteiger partial charge in [0.15, 0.2) is 5.69 Å². The standard InChI is InChI=1S/C23H21N3O4/c1-14-10-17-18(24-13-14)19(27)29-22(17)6-8-26(9-7-22)21-25-20(28)23(30-21)11-15-4-2-3-5-16(15)12-23/h2-5,10,13H,6-9,11-12H2,1H3. The van der Waals surface area contributed by atoms with Crippen molar-refractivity contribution in [3.8, 4) is 0 Å². The molecule has 1 aromatic heterocycles. The van der Waals surface area contributed by atoms with E-state index in [0.717, 1.165) is 22.3 Å². The van der Waals surface area contributed by atoms with Crippen LogP contribution in [0.3, 0.4) is 0 Å². The van der Waals surface area contributed by atoms with Crippen molar-refractivity contribution in [2.24, 2.45) is 4.99 Å². The number of amides is 1. The number of carbonyl (C=O) groups is 2. The molecule has 0 saturated carbocycles. The summed E-state index contributed by atoms with van der Waals surface area (Å²) in [6.45, 7) is 3.15. The molecule has 0 atom stereocenters. The molecule has 152 valence electrons. The second-order valence-corrected chi connectivity index (χ2v) is 8.70. The molecule has 1 saturated heterocycles. The fourth-order valence-electron chi connectivity index (χ4n) is 5.16. The van der Waals surface area contributed by atoms with Crippen LogP contribution >= 0.6 is 0 Å². The molecular weight excluding hydrogens is 382 g/mol. The van der Waals surface area contributed by atoms with Crippen LogP contribution in [0.4, 0.5) is 0 Å². The fourth-order valence-corrected chi connectivity index (χ4v) is 5.16. The minimum absolute atomic E-state index is 0.202. The van der Waals surface area contributed by atoms with Gasteiger partial charge in [-0.15, -0.1) is 0 Å². The Hall–Kier alpha value is -3.22. The van der Waals surface area contributed by atoms with Gasteiger partial charge in [0.1, 0.15) is 5.60 Å². The van der Waals surface area contributed by atoms with E-state index in [1.807, 2.05) is 42.2 Å². The maximum absolute atomic E-state index is 12.8. The third-order valence-electron chi connectivity index (χ3n) is 6.78. The first-order chi connectivity index (χ1) is 14.5. The van der Waals surface area contributed by atoms with E-state index in [1.54, 1.807) is 6.20 Å². The van der Waals surface area contributed by atoms with Gasteiger partial charge in [0.25, 0.3) is 11.9 Å². The number of likely N-dealkylation sites (tertiary alicyclic amines) is 1. The van der Waals surface area contributed by atoms with Crippen molar-refractivity contribution in [3.05, 3.63) is 64.5 Å². The van der Waals surface area contributed by atoms with Crippen LogP contribution in [0.5, 0.6) is 0 Å². The van der Waals surface area contributed by atoms with Crippen LogP contribution in [0.25, 0.3) is 0 Å². The maximum atomic E-state index is 12.8. The summed E-state index contributed by atoms with van der Waals surface area (Å²) < 4.78 is 12.0. The molecule has 4 aliphatic rings. The summed E-state index contributed by atoms with van der Waals surface area (Å²) >= 11 is 0. The summed E-state index contributed by atoms with van der Waals surface area (Å²) in [6, 6.07) is 10.5. The molecular formula is C23H21N3O4. The number of fused-ring (bicyclic) bond motifs is 3. The van der Waals surface area contributed by atoms with Crippen molar-refractivity contribution < 1.29 is 19.1 Å². The van der Waals surface area contributed by atoms with Crippen molar-refractivity contribution in [2.45, 2.75) is 43.8 Å². The lowest BCUT2D eigenvalue weighted by molar-refractivity contribution is -0.130. The first kappa shape index (κ1) is 17.6. The third-order valence-corrected chi connectivity index (χ3v) is 6.78. The number of nitrogens with zero attached hydrogens (tertiary/aromatic N) is 3. The van der Waals surface area contributed by atoms with Gasteiger partial charge < -0.3 is 14.4 Å². The molecule has 7 heteroatoms. The van der Waals surface area contributed by atoms with Gasteiger partial charge in [0.2, 0.25) is 5.60 Å². The van der Waals surface area contributed by atoms with E-state index in [-0.39, 0.29) is 11.9 Å². The number of ether oxygens (including phenoxy) is 2. The van der Waals surface area contributed by atoms with E-state index in [4.69, 9.17) is 9.47 Å². The lowest BCUT2D eigenvalue weighted by Crippen LogP contribution is -2.47. The zero-order chi connectivity index (χ0) is 20.5. The average molecular weight is 403 g/mol. The van der Waals surface area contributed by atoms with Crippen LogP contribution in [-0.4, -0.2) is 46.5 Å². The van der Waals surface area contributed by atoms with Gasteiger partial charge in [0.05, 0.1) is 0 Å². The van der Waals surface area contributed by atoms with Gasteiger partial charge in [-0.05, 0) is 29.7 Å². The highest BCUT2D eigenvalue weighted by Crippen LogP contribution is 2.44. The number of rotatable bonds is 0. The molecule has 1 aliphatic carbocycles. The van der Waals surface area contributed by atoms with Crippen molar-refractivity contribution in [3.63, 3.8) is 0 Å². The number of hydrogen-bond acceptors (Lipinski definition) is 6. The van der Waals surface area contributed by atoms with Crippen LogP contribution in [0.2, 0.25) is 0 Å². The Morgan fingerprint density at radius 1 is 1.00 bits per heavy atom. The molecule has 7 nitrogen and oxygen atoms in total. The van der Waals surface area contributed by atoms with Gasteiger partial charge >= 0.3 is 5.97 Å². The van der Waals surface area contributed by atoms with Crippen LogP contribution in [0, 0.1) is 6.92 Å². The number of aromatic nitrogens is 1. The van der Waals surface area contributed by atoms with Crippen molar-refractivity contribution in [2.75, 3.05) is 13.1 Å². The second-order valence-electron chi connectivity index (χ2n) is 8.70. The Balaban J connectivity index is 1.20. The molecule has 0 radical (unpaired) electrons. The van der Waals surface area contributed by atoms with E-state index in [9.17, 15) is 9.59 Å². The number of hydrogen-bond donors (Lipinski definition) is 0. The van der Waals surface area contributed by atoms with E-state index < -0.39 is 11.2 Å². The number of aryl methyl sites for hydroxylation is 1. The molecule has 0 N–H and O–H groups in total. The Bertz CT molecular complexity index is 1110. The monoisotopic (exact) mass is 403 g/mol. The van der Waals surface area contributed by atoms with Crippen LogP contribution in [-0.2, 0) is 32.7 Å². The number of aliphatic imine (C=N–C) groups is 1. The second kappa shape index (κ2) is 5.90. The van der Waals surface area contributed by atoms with Gasteiger partial charge in [0, 0.05) is 50.5 Å². The Morgan fingerprint density at radius 3 is 2.40 bits per heavy atom. The van der Waals surface area contributed by atoms with Crippen molar-refractivity contribution >= 4 is 17.9 Å². The molecule has 1 amide bonds. The zero-order valence-electron chi connectivity index (χ0n) is 16.7. The predicted molar refractivity (Wildman–Crippen MR) is 107 cm³/mol. The minimum atomic E-state index is -0.901. The lowest BCUT2D eigenvalue weighted by Gasteiger charge is -2.39. The van der Waals surface area contributed by atoms with Gasteiger partial charge in [-0.2, -0.15) is 4.99 Å². The molecule has 6 rings (SSSR count). The molecule has 0 bridgehead atoms.